The van der Waals surface area contributed by atoms with E-state index in [-0.39, 0.29) is 24.7 Å². The molecule has 0 spiro atoms. The van der Waals surface area contributed by atoms with Crippen LogP contribution in [0.3, 0.4) is 0 Å². The fourth-order valence-electron chi connectivity index (χ4n) is 1.97. The molecule has 1 heterocycles. The Morgan fingerprint density at radius 3 is 2.58 bits per heavy atom. The van der Waals surface area contributed by atoms with E-state index in [4.69, 9.17) is 14.6 Å². The molecule has 1 aliphatic rings. The molecule has 0 saturated carbocycles. The molecule has 2 rings (SSSR count). The van der Waals surface area contributed by atoms with Crippen molar-refractivity contribution in [3.05, 3.63) is 24.3 Å². The van der Waals surface area contributed by atoms with Gasteiger partial charge in [0, 0.05) is 0 Å². The molecule has 5 nitrogen and oxygen atoms in total. The molecule has 2 N–H and O–H groups in total. The van der Waals surface area contributed by atoms with Gasteiger partial charge in [-0.3, -0.25) is 4.79 Å². The Bertz CT molecular complexity index is 445. The van der Waals surface area contributed by atoms with Crippen LogP contribution in [0.1, 0.15) is 20.3 Å². The molecular weight excluding hydrogens is 246 g/mol. The highest BCUT2D eigenvalue weighted by Gasteiger charge is 2.34. The molecule has 0 aliphatic carbocycles. The average molecular weight is 265 g/mol. The van der Waals surface area contributed by atoms with Gasteiger partial charge in [0.1, 0.15) is 6.10 Å². The number of carbonyl (C=O) groups is 1. The first-order valence-electron chi connectivity index (χ1n) is 6.49. The van der Waals surface area contributed by atoms with Crippen LogP contribution in [0, 0.1) is 0 Å². The Morgan fingerprint density at radius 1 is 1.37 bits per heavy atom. The first-order chi connectivity index (χ1) is 9.15. The Balaban J connectivity index is 2.07. The predicted octanol–water partition coefficient (Wildman–Crippen LogP) is 1.10. The third-order valence-corrected chi connectivity index (χ3v) is 3.16. The molecule has 19 heavy (non-hydrogen) atoms. The van der Waals surface area contributed by atoms with Crippen LogP contribution in [0.5, 0.6) is 11.5 Å². The lowest BCUT2D eigenvalue weighted by Crippen LogP contribution is -2.52. The number of nitrogens with one attached hydrogen (secondary N) is 1. The minimum absolute atomic E-state index is 0.0826. The zero-order chi connectivity index (χ0) is 13.8. The fraction of sp³-hybridized carbons (Fsp3) is 0.500. The second-order valence-corrected chi connectivity index (χ2v) is 4.60. The van der Waals surface area contributed by atoms with Crippen LogP contribution in [0.15, 0.2) is 24.3 Å². The smallest absolute Gasteiger partial charge is 0.265 e. The highest BCUT2D eigenvalue weighted by atomic mass is 16.6. The van der Waals surface area contributed by atoms with E-state index in [1.54, 1.807) is 13.0 Å². The van der Waals surface area contributed by atoms with Crippen LogP contribution in [0.4, 0.5) is 0 Å². The monoisotopic (exact) mass is 265 g/mol. The molecule has 0 bridgehead atoms. The lowest BCUT2D eigenvalue weighted by atomic mass is 10.1. The van der Waals surface area contributed by atoms with Crippen LogP contribution in [0.25, 0.3) is 0 Å². The van der Waals surface area contributed by atoms with Crippen molar-refractivity contribution in [2.45, 2.75) is 38.5 Å². The van der Waals surface area contributed by atoms with Gasteiger partial charge >= 0.3 is 0 Å². The normalized spacial score (nSPS) is 22.7. The number of rotatable bonds is 4. The number of carbonyl (C=O) groups excluding carboxylic acids is 1. The maximum atomic E-state index is 12.1. The molecule has 0 fully saturated rings. The highest BCUT2D eigenvalue weighted by Crippen LogP contribution is 2.33. The Morgan fingerprint density at radius 2 is 2.00 bits per heavy atom. The summed E-state index contributed by atoms with van der Waals surface area (Å²) in [5.74, 6) is 0.953. The summed E-state index contributed by atoms with van der Waals surface area (Å²) in [6.45, 7) is 3.61. The summed E-state index contributed by atoms with van der Waals surface area (Å²) >= 11 is 0. The molecular formula is C14H19NO4. The second-order valence-electron chi connectivity index (χ2n) is 4.60. The van der Waals surface area contributed by atoms with Crippen molar-refractivity contribution in [3.8, 4) is 11.5 Å². The second kappa shape index (κ2) is 5.93. The Hall–Kier alpha value is -1.75. The maximum absolute atomic E-state index is 12.1. The molecule has 0 radical (unpaired) electrons. The lowest BCUT2D eigenvalue weighted by Gasteiger charge is -2.31. The summed E-state index contributed by atoms with van der Waals surface area (Å²) in [5.41, 5.74) is 0. The molecule has 1 aromatic carbocycles. The van der Waals surface area contributed by atoms with E-state index in [1.807, 2.05) is 25.1 Å². The van der Waals surface area contributed by atoms with Gasteiger partial charge < -0.3 is 19.9 Å². The fourth-order valence-corrected chi connectivity index (χ4v) is 1.97. The van der Waals surface area contributed by atoms with Gasteiger partial charge in [0.15, 0.2) is 11.5 Å². The number of para-hydroxylation sites is 2. The van der Waals surface area contributed by atoms with Gasteiger partial charge in [-0.15, -0.1) is 0 Å². The largest absolute Gasteiger partial charge is 0.482 e. The predicted molar refractivity (Wildman–Crippen MR) is 70.3 cm³/mol. The molecule has 1 aromatic rings. The van der Waals surface area contributed by atoms with Crippen LogP contribution in [0.2, 0.25) is 0 Å². The standard InChI is InChI=1S/C14H19NO4/c1-3-10(8-16)15-14(17)13-9(2)18-11-6-4-5-7-12(11)19-13/h4-7,9-10,13,16H,3,8H2,1-2H3,(H,15,17). The quantitative estimate of drug-likeness (QED) is 0.855. The molecule has 1 aliphatic heterocycles. The van der Waals surface area contributed by atoms with Crippen molar-refractivity contribution < 1.29 is 19.4 Å². The molecule has 5 heteroatoms. The van der Waals surface area contributed by atoms with Gasteiger partial charge in [-0.2, -0.15) is 0 Å². The number of ether oxygens (including phenoxy) is 2. The van der Waals surface area contributed by atoms with Crippen molar-refractivity contribution in [3.63, 3.8) is 0 Å². The van der Waals surface area contributed by atoms with E-state index in [0.29, 0.717) is 17.9 Å². The van der Waals surface area contributed by atoms with Crippen molar-refractivity contribution in [2.75, 3.05) is 6.61 Å². The average Bonchev–Trinajstić information content (AvgIpc) is 2.43. The first-order valence-corrected chi connectivity index (χ1v) is 6.49. The lowest BCUT2D eigenvalue weighted by molar-refractivity contribution is -0.134. The highest BCUT2D eigenvalue weighted by molar-refractivity contribution is 5.82. The molecule has 104 valence electrons. The minimum Gasteiger partial charge on any atom is -0.482 e. The van der Waals surface area contributed by atoms with Gasteiger partial charge in [0.05, 0.1) is 12.6 Å². The van der Waals surface area contributed by atoms with Crippen LogP contribution in [-0.2, 0) is 4.79 Å². The van der Waals surface area contributed by atoms with E-state index >= 15 is 0 Å². The van der Waals surface area contributed by atoms with Crippen molar-refractivity contribution in [1.82, 2.24) is 5.32 Å². The van der Waals surface area contributed by atoms with E-state index in [2.05, 4.69) is 5.32 Å². The summed E-state index contributed by atoms with van der Waals surface area (Å²) in [7, 11) is 0. The van der Waals surface area contributed by atoms with Gasteiger partial charge in [0.2, 0.25) is 6.10 Å². The van der Waals surface area contributed by atoms with Crippen LogP contribution < -0.4 is 14.8 Å². The van der Waals surface area contributed by atoms with Crippen LogP contribution >= 0.6 is 0 Å². The van der Waals surface area contributed by atoms with Gasteiger partial charge in [-0.25, -0.2) is 0 Å². The number of aliphatic hydroxyl groups is 1. The minimum atomic E-state index is -0.699. The third kappa shape index (κ3) is 2.98. The topological polar surface area (TPSA) is 67.8 Å². The molecule has 0 saturated heterocycles. The summed E-state index contributed by atoms with van der Waals surface area (Å²) < 4.78 is 11.3. The summed E-state index contributed by atoms with van der Waals surface area (Å²) in [6, 6.07) is 7.01. The first kappa shape index (κ1) is 13.7. The number of aliphatic hydroxyl groups excluding tert-OH is 1. The molecule has 3 unspecified atom stereocenters. The van der Waals surface area contributed by atoms with Crippen molar-refractivity contribution in [2.24, 2.45) is 0 Å². The van der Waals surface area contributed by atoms with Gasteiger partial charge in [0.25, 0.3) is 5.91 Å². The zero-order valence-corrected chi connectivity index (χ0v) is 11.1. The van der Waals surface area contributed by atoms with Gasteiger partial charge in [-0.05, 0) is 25.5 Å². The summed E-state index contributed by atoms with van der Waals surface area (Å²) in [4.78, 5) is 12.1. The number of amides is 1. The molecule has 1 amide bonds. The number of hydrogen-bond donors (Lipinski definition) is 2. The van der Waals surface area contributed by atoms with Crippen molar-refractivity contribution >= 4 is 5.91 Å². The Kier molecular flexibility index (Phi) is 4.27. The summed E-state index contributed by atoms with van der Waals surface area (Å²) in [6.07, 6.45) is -0.401. The number of fused-ring (bicyclic) bond motifs is 1. The van der Waals surface area contributed by atoms with Gasteiger partial charge in [-0.1, -0.05) is 19.1 Å². The molecule has 3 atom stereocenters. The molecule has 0 aromatic heterocycles. The number of benzene rings is 1. The number of hydrogen-bond acceptors (Lipinski definition) is 4. The van der Waals surface area contributed by atoms with Crippen molar-refractivity contribution in [1.29, 1.82) is 0 Å². The van der Waals surface area contributed by atoms with E-state index in [1.165, 1.54) is 0 Å². The zero-order valence-electron chi connectivity index (χ0n) is 11.1. The van der Waals surface area contributed by atoms with Crippen LogP contribution in [-0.4, -0.2) is 35.9 Å². The summed E-state index contributed by atoms with van der Waals surface area (Å²) in [5, 5.41) is 11.9. The third-order valence-electron chi connectivity index (χ3n) is 3.16. The van der Waals surface area contributed by atoms with E-state index in [0.717, 1.165) is 0 Å². The maximum Gasteiger partial charge on any atom is 0.265 e. The van der Waals surface area contributed by atoms with E-state index in [9.17, 15) is 4.79 Å². The Labute approximate surface area is 112 Å². The van der Waals surface area contributed by atoms with E-state index < -0.39 is 6.10 Å². The SMILES string of the molecule is CCC(CO)NC(=O)C1Oc2ccccc2OC1C.